The third-order valence-corrected chi connectivity index (χ3v) is 1.90. The van der Waals surface area contributed by atoms with E-state index >= 15 is 0 Å². The van der Waals surface area contributed by atoms with Crippen molar-refractivity contribution in [3.8, 4) is 12.3 Å². The van der Waals surface area contributed by atoms with E-state index in [2.05, 4.69) is 16.2 Å². The Hall–Kier alpha value is -1.70. The van der Waals surface area contributed by atoms with E-state index in [0.29, 0.717) is 0 Å². The molecule has 0 aliphatic heterocycles. The molecule has 1 aromatic heterocycles. The number of alkyl halides is 3. The van der Waals surface area contributed by atoms with Gasteiger partial charge in [-0.2, -0.15) is 13.2 Å². The number of hydrogen-bond acceptors (Lipinski definition) is 2. The molecular formula is C11H11F3N2. The number of aromatic nitrogens is 1. The van der Waals surface area contributed by atoms with Gasteiger partial charge in [0.25, 0.3) is 0 Å². The van der Waals surface area contributed by atoms with Crippen LogP contribution in [-0.2, 0) is 6.18 Å². The van der Waals surface area contributed by atoms with E-state index in [1.54, 1.807) is 13.8 Å². The number of terminal acetylenes is 1. The predicted molar refractivity (Wildman–Crippen MR) is 55.8 cm³/mol. The zero-order valence-corrected chi connectivity index (χ0v) is 8.89. The van der Waals surface area contributed by atoms with Gasteiger partial charge in [0.05, 0.1) is 11.1 Å². The van der Waals surface area contributed by atoms with Crippen molar-refractivity contribution in [3.63, 3.8) is 0 Å². The van der Waals surface area contributed by atoms with Crippen molar-refractivity contribution in [2.24, 2.45) is 0 Å². The normalized spacial score (nSPS) is 12.0. The molecule has 0 bridgehead atoms. The first-order valence-corrected chi connectivity index (χ1v) is 4.54. The molecule has 0 aliphatic carbocycles. The molecule has 86 valence electrons. The molecule has 16 heavy (non-hydrogen) atoms. The van der Waals surface area contributed by atoms with Crippen LogP contribution >= 0.6 is 0 Å². The summed E-state index contributed by atoms with van der Waals surface area (Å²) in [5.41, 5.74) is -1.70. The Morgan fingerprint density at radius 1 is 1.38 bits per heavy atom. The molecule has 1 aromatic rings. The highest BCUT2D eigenvalue weighted by Gasteiger charge is 2.35. The van der Waals surface area contributed by atoms with Gasteiger partial charge in [-0.3, -0.25) is 0 Å². The summed E-state index contributed by atoms with van der Waals surface area (Å²) in [6, 6.07) is 2.19. The summed E-state index contributed by atoms with van der Waals surface area (Å²) in [5.74, 6) is 2.10. The zero-order chi connectivity index (χ0) is 12.4. The monoisotopic (exact) mass is 228 g/mol. The number of rotatable bonds is 2. The van der Waals surface area contributed by atoms with Crippen LogP contribution in [0.1, 0.15) is 19.4 Å². The van der Waals surface area contributed by atoms with Gasteiger partial charge in [-0.1, -0.05) is 5.92 Å². The molecule has 1 heterocycles. The minimum absolute atomic E-state index is 0.252. The fourth-order valence-electron chi connectivity index (χ4n) is 1.07. The molecule has 0 amide bonds. The predicted octanol–water partition coefficient (Wildman–Crippen LogP) is 2.92. The second-order valence-corrected chi connectivity index (χ2v) is 3.79. The summed E-state index contributed by atoms with van der Waals surface area (Å²) in [6.45, 7) is 3.20. The minimum atomic E-state index is -4.44. The molecular weight excluding hydrogens is 217 g/mol. The van der Waals surface area contributed by atoms with Gasteiger partial charge in [-0.25, -0.2) is 4.98 Å². The molecule has 0 aliphatic rings. The van der Waals surface area contributed by atoms with E-state index in [0.717, 1.165) is 6.07 Å². The highest BCUT2D eigenvalue weighted by atomic mass is 19.4. The maximum Gasteiger partial charge on any atom is 0.419 e. The molecule has 0 atom stereocenters. The maximum atomic E-state index is 12.6. The number of hydrogen-bond donors (Lipinski definition) is 1. The van der Waals surface area contributed by atoms with E-state index in [1.165, 1.54) is 12.3 Å². The van der Waals surface area contributed by atoms with Crippen molar-refractivity contribution >= 4 is 5.82 Å². The van der Waals surface area contributed by atoms with Crippen LogP contribution in [0.3, 0.4) is 0 Å². The topological polar surface area (TPSA) is 24.9 Å². The Balaban J connectivity index is 3.12. The first-order valence-electron chi connectivity index (χ1n) is 4.54. The van der Waals surface area contributed by atoms with Crippen LogP contribution in [-0.4, -0.2) is 10.5 Å². The SMILES string of the molecule is C#CC(C)(C)Nc1ncccc1C(F)(F)F. The third kappa shape index (κ3) is 2.89. The van der Waals surface area contributed by atoms with Crippen molar-refractivity contribution < 1.29 is 13.2 Å². The van der Waals surface area contributed by atoms with Crippen LogP contribution < -0.4 is 5.32 Å². The van der Waals surface area contributed by atoms with Gasteiger partial charge < -0.3 is 5.32 Å². The average molecular weight is 228 g/mol. The Morgan fingerprint density at radius 2 is 2.00 bits per heavy atom. The summed E-state index contributed by atoms with van der Waals surface area (Å²) in [7, 11) is 0. The van der Waals surface area contributed by atoms with E-state index in [1.807, 2.05) is 0 Å². The maximum absolute atomic E-state index is 12.6. The van der Waals surface area contributed by atoms with E-state index in [4.69, 9.17) is 6.42 Å². The van der Waals surface area contributed by atoms with Gasteiger partial charge in [0.1, 0.15) is 5.82 Å². The molecule has 5 heteroatoms. The van der Waals surface area contributed by atoms with Gasteiger partial charge >= 0.3 is 6.18 Å². The quantitative estimate of drug-likeness (QED) is 0.787. The summed E-state index contributed by atoms with van der Waals surface area (Å²) < 4.78 is 37.8. The lowest BCUT2D eigenvalue weighted by molar-refractivity contribution is -0.137. The number of nitrogens with one attached hydrogen (secondary N) is 1. The number of halogens is 3. The molecule has 0 saturated carbocycles. The average Bonchev–Trinajstić information content (AvgIpc) is 2.16. The largest absolute Gasteiger partial charge is 0.419 e. The minimum Gasteiger partial charge on any atom is -0.354 e. The molecule has 1 N–H and O–H groups in total. The Labute approximate surface area is 91.9 Å². The molecule has 0 unspecified atom stereocenters. The van der Waals surface area contributed by atoms with E-state index in [9.17, 15) is 13.2 Å². The molecule has 0 spiro atoms. The highest BCUT2D eigenvalue weighted by Crippen LogP contribution is 2.34. The van der Waals surface area contributed by atoms with Crippen molar-refractivity contribution in [3.05, 3.63) is 23.9 Å². The standard InChI is InChI=1S/C11H11F3N2/c1-4-10(2,3)16-9-8(11(12,13)14)6-5-7-15-9/h1,5-7H,2-3H3,(H,15,16). The van der Waals surface area contributed by atoms with Crippen LogP contribution in [0.2, 0.25) is 0 Å². The van der Waals surface area contributed by atoms with Crippen LogP contribution in [0.15, 0.2) is 18.3 Å². The van der Waals surface area contributed by atoms with Crippen LogP contribution in [0.25, 0.3) is 0 Å². The van der Waals surface area contributed by atoms with E-state index in [-0.39, 0.29) is 5.82 Å². The van der Waals surface area contributed by atoms with Gasteiger partial charge in [-0.15, -0.1) is 6.42 Å². The van der Waals surface area contributed by atoms with Gasteiger partial charge in [0.15, 0.2) is 0 Å². The Bertz CT molecular complexity index is 416. The van der Waals surface area contributed by atoms with Crippen molar-refractivity contribution in [2.45, 2.75) is 25.6 Å². The summed E-state index contributed by atoms with van der Waals surface area (Å²) in [5, 5.41) is 2.58. The van der Waals surface area contributed by atoms with E-state index < -0.39 is 17.3 Å². The van der Waals surface area contributed by atoms with Crippen molar-refractivity contribution in [1.29, 1.82) is 0 Å². The number of anilines is 1. The lowest BCUT2D eigenvalue weighted by Gasteiger charge is -2.22. The lowest BCUT2D eigenvalue weighted by atomic mass is 10.1. The molecule has 2 nitrogen and oxygen atoms in total. The van der Waals surface area contributed by atoms with Crippen molar-refractivity contribution in [2.75, 3.05) is 5.32 Å². The fraction of sp³-hybridized carbons (Fsp3) is 0.364. The molecule has 0 aromatic carbocycles. The van der Waals surface area contributed by atoms with Gasteiger partial charge in [-0.05, 0) is 26.0 Å². The van der Waals surface area contributed by atoms with Gasteiger partial charge in [0, 0.05) is 6.20 Å². The highest BCUT2D eigenvalue weighted by molar-refractivity contribution is 5.49. The number of nitrogens with zero attached hydrogens (tertiary/aromatic N) is 1. The fourth-order valence-corrected chi connectivity index (χ4v) is 1.07. The Kier molecular flexibility index (Phi) is 3.13. The van der Waals surface area contributed by atoms with Crippen LogP contribution in [0, 0.1) is 12.3 Å². The molecule has 1 rings (SSSR count). The lowest BCUT2D eigenvalue weighted by Crippen LogP contribution is -2.30. The second-order valence-electron chi connectivity index (χ2n) is 3.79. The molecule has 0 fully saturated rings. The first kappa shape index (κ1) is 12.4. The van der Waals surface area contributed by atoms with Gasteiger partial charge in [0.2, 0.25) is 0 Å². The summed E-state index contributed by atoms with van der Waals surface area (Å²) >= 11 is 0. The molecule has 0 radical (unpaired) electrons. The Morgan fingerprint density at radius 3 is 2.50 bits per heavy atom. The summed E-state index contributed by atoms with van der Waals surface area (Å²) in [4.78, 5) is 3.65. The zero-order valence-electron chi connectivity index (χ0n) is 8.89. The van der Waals surface area contributed by atoms with Crippen LogP contribution in [0.5, 0.6) is 0 Å². The number of pyridine rings is 1. The third-order valence-electron chi connectivity index (χ3n) is 1.90. The van der Waals surface area contributed by atoms with Crippen molar-refractivity contribution in [1.82, 2.24) is 4.98 Å². The van der Waals surface area contributed by atoms with Crippen LogP contribution in [0.4, 0.5) is 19.0 Å². The smallest absolute Gasteiger partial charge is 0.354 e. The molecule has 0 saturated heterocycles. The second kappa shape index (κ2) is 4.05. The first-order chi connectivity index (χ1) is 7.26. The summed E-state index contributed by atoms with van der Waals surface area (Å²) in [6.07, 6.45) is 2.03.